The van der Waals surface area contributed by atoms with Gasteiger partial charge >= 0.3 is 12.2 Å². The van der Waals surface area contributed by atoms with Crippen molar-refractivity contribution in [2.75, 3.05) is 10.6 Å². The number of aryl methyl sites for hydroxylation is 2. The van der Waals surface area contributed by atoms with Crippen molar-refractivity contribution in [3.8, 4) is 0 Å². The maximum absolute atomic E-state index is 13.1. The summed E-state index contributed by atoms with van der Waals surface area (Å²) in [5, 5.41) is 15.3. The van der Waals surface area contributed by atoms with E-state index in [0.717, 1.165) is 23.3 Å². The lowest BCUT2D eigenvalue weighted by Crippen LogP contribution is -2.22. The first-order chi connectivity index (χ1) is 11.6. The molecule has 9 heteroatoms. The standard InChI is InChI=1S/C16H14F3N3O3/c1-9-4-3-5-10(2)14(9)21-15(23)20-13-7-6-11(22(24)25)8-12(13)16(17,18)19/h3-8H,1-2H3,(H2,20,21,23). The van der Waals surface area contributed by atoms with Gasteiger partial charge in [-0.3, -0.25) is 10.1 Å². The van der Waals surface area contributed by atoms with Crippen molar-refractivity contribution in [1.29, 1.82) is 0 Å². The molecule has 0 spiro atoms. The van der Waals surface area contributed by atoms with E-state index in [1.165, 1.54) is 0 Å². The summed E-state index contributed by atoms with van der Waals surface area (Å²) in [6.07, 6.45) is -4.85. The van der Waals surface area contributed by atoms with Crippen LogP contribution in [0.2, 0.25) is 0 Å². The second-order valence-electron chi connectivity index (χ2n) is 5.33. The summed E-state index contributed by atoms with van der Waals surface area (Å²) in [6, 6.07) is 6.53. The van der Waals surface area contributed by atoms with Gasteiger partial charge in [0.1, 0.15) is 0 Å². The minimum Gasteiger partial charge on any atom is -0.307 e. The normalized spacial score (nSPS) is 11.1. The predicted octanol–water partition coefficient (Wildman–Crippen LogP) is 4.87. The van der Waals surface area contributed by atoms with E-state index in [-0.39, 0.29) is 0 Å². The first kappa shape index (κ1) is 18.2. The molecule has 0 radical (unpaired) electrons. The zero-order valence-electron chi connectivity index (χ0n) is 13.3. The first-order valence-corrected chi connectivity index (χ1v) is 7.09. The fraction of sp³-hybridized carbons (Fsp3) is 0.188. The van der Waals surface area contributed by atoms with Gasteiger partial charge in [-0.25, -0.2) is 4.79 Å². The molecule has 0 saturated carbocycles. The number of para-hydroxylation sites is 1. The summed E-state index contributed by atoms with van der Waals surface area (Å²) in [7, 11) is 0. The van der Waals surface area contributed by atoms with Crippen LogP contribution in [-0.4, -0.2) is 11.0 Å². The van der Waals surface area contributed by atoms with Gasteiger partial charge in [0.15, 0.2) is 0 Å². The average Bonchev–Trinajstić information content (AvgIpc) is 2.50. The fourth-order valence-corrected chi connectivity index (χ4v) is 2.27. The van der Waals surface area contributed by atoms with Crippen LogP contribution in [0.3, 0.4) is 0 Å². The number of nitro benzene ring substituents is 1. The van der Waals surface area contributed by atoms with Crippen molar-refractivity contribution in [3.05, 3.63) is 63.2 Å². The van der Waals surface area contributed by atoms with Crippen LogP contribution in [0.4, 0.5) is 35.0 Å². The number of nitrogens with one attached hydrogen (secondary N) is 2. The summed E-state index contributed by atoms with van der Waals surface area (Å²) in [5.41, 5.74) is -0.603. The largest absolute Gasteiger partial charge is 0.418 e. The fourth-order valence-electron chi connectivity index (χ4n) is 2.27. The number of amides is 2. The molecule has 0 aliphatic heterocycles. The molecule has 0 aliphatic carbocycles. The van der Waals surface area contributed by atoms with E-state index < -0.39 is 34.1 Å². The molecule has 6 nitrogen and oxygen atoms in total. The van der Waals surface area contributed by atoms with Gasteiger partial charge in [0.05, 0.1) is 16.2 Å². The highest BCUT2D eigenvalue weighted by Crippen LogP contribution is 2.37. The van der Waals surface area contributed by atoms with Crippen molar-refractivity contribution >= 4 is 23.1 Å². The maximum atomic E-state index is 13.1. The second kappa shape index (κ2) is 6.80. The third kappa shape index (κ3) is 4.25. The van der Waals surface area contributed by atoms with Gasteiger partial charge in [-0.2, -0.15) is 13.2 Å². The van der Waals surface area contributed by atoms with Gasteiger partial charge in [0.25, 0.3) is 5.69 Å². The van der Waals surface area contributed by atoms with E-state index in [4.69, 9.17) is 0 Å². The number of nitrogens with zero attached hydrogens (tertiary/aromatic N) is 1. The van der Waals surface area contributed by atoms with E-state index in [1.54, 1.807) is 32.0 Å². The lowest BCUT2D eigenvalue weighted by atomic mass is 10.1. The minimum absolute atomic E-state index is 0.384. The molecule has 0 bridgehead atoms. The van der Waals surface area contributed by atoms with Crippen LogP contribution in [-0.2, 0) is 6.18 Å². The predicted molar refractivity (Wildman–Crippen MR) is 86.7 cm³/mol. The highest BCUT2D eigenvalue weighted by molar-refractivity contribution is 6.01. The number of anilines is 2. The monoisotopic (exact) mass is 353 g/mol. The molecule has 2 amide bonds. The molecule has 0 aromatic heterocycles. The van der Waals surface area contributed by atoms with Crippen molar-refractivity contribution in [2.24, 2.45) is 0 Å². The molecule has 2 aromatic rings. The highest BCUT2D eigenvalue weighted by atomic mass is 19.4. The third-order valence-corrected chi connectivity index (χ3v) is 3.49. The number of carbonyl (C=O) groups excluding carboxylic acids is 1. The van der Waals surface area contributed by atoms with Gasteiger partial charge in [-0.1, -0.05) is 18.2 Å². The van der Waals surface area contributed by atoms with Gasteiger partial charge in [0.2, 0.25) is 0 Å². The Hall–Kier alpha value is -3.10. The smallest absolute Gasteiger partial charge is 0.307 e. The molecule has 0 unspecified atom stereocenters. The lowest BCUT2D eigenvalue weighted by Gasteiger charge is -2.15. The number of urea groups is 1. The molecule has 2 aromatic carbocycles. The maximum Gasteiger partial charge on any atom is 0.418 e. The van der Waals surface area contributed by atoms with E-state index >= 15 is 0 Å². The summed E-state index contributed by atoms with van der Waals surface area (Å²) in [6.45, 7) is 3.49. The highest BCUT2D eigenvalue weighted by Gasteiger charge is 2.35. The molecule has 0 fully saturated rings. The molecule has 0 aliphatic rings. The van der Waals surface area contributed by atoms with Gasteiger partial charge in [-0.15, -0.1) is 0 Å². The van der Waals surface area contributed by atoms with Gasteiger partial charge in [-0.05, 0) is 31.0 Å². The molecular formula is C16H14F3N3O3. The van der Waals surface area contributed by atoms with Crippen molar-refractivity contribution in [1.82, 2.24) is 0 Å². The molecule has 0 atom stereocenters. The van der Waals surface area contributed by atoms with Crippen molar-refractivity contribution < 1.29 is 22.9 Å². The molecule has 0 saturated heterocycles. The summed E-state index contributed by atoms with van der Waals surface area (Å²) < 4.78 is 39.3. The molecular weight excluding hydrogens is 339 g/mol. The zero-order valence-corrected chi connectivity index (χ0v) is 13.3. The average molecular weight is 353 g/mol. The third-order valence-electron chi connectivity index (χ3n) is 3.49. The number of rotatable bonds is 3. The van der Waals surface area contributed by atoms with E-state index in [9.17, 15) is 28.1 Å². The topological polar surface area (TPSA) is 84.3 Å². The van der Waals surface area contributed by atoms with Crippen LogP contribution >= 0.6 is 0 Å². The second-order valence-corrected chi connectivity index (χ2v) is 5.33. The Labute approximate surface area is 140 Å². The number of nitro groups is 1. The first-order valence-electron chi connectivity index (χ1n) is 7.09. The van der Waals surface area contributed by atoms with Crippen LogP contribution in [0.5, 0.6) is 0 Å². The minimum atomic E-state index is -4.85. The van der Waals surface area contributed by atoms with Gasteiger partial charge < -0.3 is 10.6 Å². The van der Waals surface area contributed by atoms with Crippen LogP contribution in [0.1, 0.15) is 16.7 Å². The van der Waals surface area contributed by atoms with Crippen molar-refractivity contribution in [3.63, 3.8) is 0 Å². The number of non-ortho nitro benzene ring substituents is 1. The number of halogens is 3. The Balaban J connectivity index is 2.30. The van der Waals surface area contributed by atoms with Crippen LogP contribution < -0.4 is 10.6 Å². The summed E-state index contributed by atoms with van der Waals surface area (Å²) >= 11 is 0. The number of hydrogen-bond acceptors (Lipinski definition) is 3. The van der Waals surface area contributed by atoms with Crippen molar-refractivity contribution in [2.45, 2.75) is 20.0 Å². The Kier molecular flexibility index (Phi) is 4.96. The Morgan fingerprint density at radius 3 is 2.20 bits per heavy atom. The Morgan fingerprint density at radius 1 is 1.08 bits per heavy atom. The van der Waals surface area contributed by atoms with Crippen LogP contribution in [0.25, 0.3) is 0 Å². The SMILES string of the molecule is Cc1cccc(C)c1NC(=O)Nc1ccc([N+](=O)[O-])cc1C(F)(F)F. The van der Waals surface area contributed by atoms with E-state index in [1.807, 2.05) is 0 Å². The number of benzene rings is 2. The number of carbonyl (C=O) groups is 1. The number of alkyl halides is 3. The molecule has 132 valence electrons. The molecule has 25 heavy (non-hydrogen) atoms. The van der Waals surface area contributed by atoms with E-state index in [2.05, 4.69) is 10.6 Å². The van der Waals surface area contributed by atoms with Crippen LogP contribution in [0, 0.1) is 24.0 Å². The summed E-state index contributed by atoms with van der Waals surface area (Å²) in [5.74, 6) is 0. The van der Waals surface area contributed by atoms with Crippen LogP contribution in [0.15, 0.2) is 36.4 Å². The molecule has 0 heterocycles. The quantitative estimate of drug-likeness (QED) is 0.609. The zero-order chi connectivity index (χ0) is 18.8. The molecule has 2 rings (SSSR count). The Morgan fingerprint density at radius 2 is 1.68 bits per heavy atom. The van der Waals surface area contributed by atoms with E-state index in [0.29, 0.717) is 11.8 Å². The lowest BCUT2D eigenvalue weighted by molar-refractivity contribution is -0.385. The Bertz CT molecular complexity index is 815. The van der Waals surface area contributed by atoms with Gasteiger partial charge in [0, 0.05) is 17.8 Å². The summed E-state index contributed by atoms with van der Waals surface area (Å²) in [4.78, 5) is 21.8. The number of hydrogen-bond donors (Lipinski definition) is 2. The molecule has 2 N–H and O–H groups in total.